The summed E-state index contributed by atoms with van der Waals surface area (Å²) in [5.74, 6) is 0.161. The van der Waals surface area contributed by atoms with Gasteiger partial charge in [0.2, 0.25) is 0 Å². The fourth-order valence-electron chi connectivity index (χ4n) is 2.85. The van der Waals surface area contributed by atoms with Gasteiger partial charge in [-0.25, -0.2) is 0 Å². The topological polar surface area (TPSA) is 49.3 Å². The molecule has 1 aliphatic heterocycles. The van der Waals surface area contributed by atoms with Gasteiger partial charge in [-0.3, -0.25) is 4.79 Å². The van der Waals surface area contributed by atoms with Gasteiger partial charge in [0, 0.05) is 28.4 Å². The van der Waals surface area contributed by atoms with Crippen LogP contribution in [0.15, 0.2) is 54.6 Å². The highest BCUT2D eigenvalue weighted by Gasteiger charge is 2.28. The molecule has 22 heavy (non-hydrogen) atoms. The van der Waals surface area contributed by atoms with Crippen LogP contribution in [0.4, 0.5) is 0 Å². The van der Waals surface area contributed by atoms with E-state index in [4.69, 9.17) is 0 Å². The molecule has 0 saturated heterocycles. The molecule has 0 unspecified atom stereocenters. The van der Waals surface area contributed by atoms with E-state index in [1.165, 1.54) is 0 Å². The van der Waals surface area contributed by atoms with Crippen molar-refractivity contribution in [2.45, 2.75) is 25.8 Å². The lowest BCUT2D eigenvalue weighted by Crippen LogP contribution is -2.43. The molecule has 0 atom stereocenters. The SMILES string of the molecule is CC1(C)Cc2ccc(O)cc2/C(=C/C(=O)c2ccccc2)N1. The Bertz CT molecular complexity index is 745. The first-order chi connectivity index (χ1) is 10.4. The number of phenols is 1. The molecule has 3 rings (SSSR count). The second kappa shape index (κ2) is 5.34. The molecule has 0 aromatic heterocycles. The van der Waals surface area contributed by atoms with Crippen molar-refractivity contribution >= 4 is 11.5 Å². The predicted octanol–water partition coefficient (Wildman–Crippen LogP) is 3.54. The van der Waals surface area contributed by atoms with Gasteiger partial charge in [0.1, 0.15) is 5.75 Å². The number of aromatic hydroxyl groups is 1. The first kappa shape index (κ1) is 14.4. The molecular weight excluding hydrogens is 274 g/mol. The van der Waals surface area contributed by atoms with Gasteiger partial charge in [-0.15, -0.1) is 0 Å². The van der Waals surface area contributed by atoms with Gasteiger partial charge >= 0.3 is 0 Å². The van der Waals surface area contributed by atoms with Gasteiger partial charge < -0.3 is 10.4 Å². The molecule has 112 valence electrons. The molecular formula is C19H19NO2. The van der Waals surface area contributed by atoms with Crippen LogP contribution < -0.4 is 5.32 Å². The molecule has 2 aromatic carbocycles. The van der Waals surface area contributed by atoms with Crippen molar-refractivity contribution < 1.29 is 9.90 Å². The van der Waals surface area contributed by atoms with Crippen LogP contribution in [0.2, 0.25) is 0 Å². The van der Waals surface area contributed by atoms with Crippen LogP contribution in [-0.4, -0.2) is 16.4 Å². The highest BCUT2D eigenvalue weighted by molar-refractivity contribution is 6.08. The maximum absolute atomic E-state index is 12.4. The van der Waals surface area contributed by atoms with Crippen LogP contribution in [0.3, 0.4) is 0 Å². The van der Waals surface area contributed by atoms with E-state index in [1.54, 1.807) is 30.3 Å². The molecule has 0 amide bonds. The Morgan fingerprint density at radius 3 is 2.64 bits per heavy atom. The summed E-state index contributed by atoms with van der Waals surface area (Å²) in [5.41, 5.74) is 3.31. The smallest absolute Gasteiger partial charge is 0.187 e. The summed E-state index contributed by atoms with van der Waals surface area (Å²) in [6.45, 7) is 4.20. The van der Waals surface area contributed by atoms with Gasteiger partial charge in [0.05, 0.1) is 0 Å². The van der Waals surface area contributed by atoms with Crippen LogP contribution in [0, 0.1) is 0 Å². The fraction of sp³-hybridized carbons (Fsp3) is 0.211. The van der Waals surface area contributed by atoms with E-state index < -0.39 is 0 Å². The third kappa shape index (κ3) is 2.89. The molecule has 0 saturated carbocycles. The molecule has 0 fully saturated rings. The summed E-state index contributed by atoms with van der Waals surface area (Å²) >= 11 is 0. The van der Waals surface area contributed by atoms with Crippen LogP contribution in [-0.2, 0) is 6.42 Å². The number of allylic oxidation sites excluding steroid dienone is 1. The van der Waals surface area contributed by atoms with Crippen molar-refractivity contribution in [1.82, 2.24) is 5.32 Å². The Morgan fingerprint density at radius 1 is 1.18 bits per heavy atom. The lowest BCUT2D eigenvalue weighted by molar-refractivity contribution is 0.104. The Labute approximate surface area is 130 Å². The van der Waals surface area contributed by atoms with E-state index in [1.807, 2.05) is 24.3 Å². The molecule has 0 spiro atoms. The normalized spacial score (nSPS) is 17.6. The van der Waals surface area contributed by atoms with E-state index in [9.17, 15) is 9.90 Å². The van der Waals surface area contributed by atoms with Gasteiger partial charge in [0.25, 0.3) is 0 Å². The van der Waals surface area contributed by atoms with Crippen molar-refractivity contribution in [1.29, 1.82) is 0 Å². The summed E-state index contributed by atoms with van der Waals surface area (Å²) in [6, 6.07) is 14.5. The van der Waals surface area contributed by atoms with E-state index in [0.717, 1.165) is 23.2 Å². The van der Waals surface area contributed by atoms with E-state index in [0.29, 0.717) is 5.56 Å². The average Bonchev–Trinajstić information content (AvgIpc) is 2.48. The fourth-order valence-corrected chi connectivity index (χ4v) is 2.85. The van der Waals surface area contributed by atoms with Crippen molar-refractivity contribution in [3.63, 3.8) is 0 Å². The minimum absolute atomic E-state index is 0.0462. The number of fused-ring (bicyclic) bond motifs is 1. The lowest BCUT2D eigenvalue weighted by atomic mass is 9.85. The number of benzene rings is 2. The first-order valence-corrected chi connectivity index (χ1v) is 7.36. The van der Waals surface area contributed by atoms with Gasteiger partial charge in [-0.2, -0.15) is 0 Å². The largest absolute Gasteiger partial charge is 0.508 e. The number of ketones is 1. The van der Waals surface area contributed by atoms with Crippen molar-refractivity contribution in [3.8, 4) is 5.75 Å². The van der Waals surface area contributed by atoms with E-state index in [2.05, 4.69) is 19.2 Å². The maximum Gasteiger partial charge on any atom is 0.187 e. The molecule has 0 radical (unpaired) electrons. The van der Waals surface area contributed by atoms with E-state index in [-0.39, 0.29) is 17.1 Å². The minimum atomic E-state index is -0.132. The van der Waals surface area contributed by atoms with Gasteiger partial charge in [0.15, 0.2) is 5.78 Å². The Morgan fingerprint density at radius 2 is 1.91 bits per heavy atom. The molecule has 1 aliphatic rings. The molecule has 3 nitrogen and oxygen atoms in total. The average molecular weight is 293 g/mol. The number of hydrogen-bond donors (Lipinski definition) is 2. The predicted molar refractivity (Wildman–Crippen MR) is 87.8 cm³/mol. The third-order valence-electron chi connectivity index (χ3n) is 3.82. The third-order valence-corrected chi connectivity index (χ3v) is 3.82. The molecule has 2 aromatic rings. The quantitative estimate of drug-likeness (QED) is 0.657. The Hall–Kier alpha value is -2.55. The Kier molecular flexibility index (Phi) is 3.49. The van der Waals surface area contributed by atoms with E-state index >= 15 is 0 Å². The summed E-state index contributed by atoms with van der Waals surface area (Å²) < 4.78 is 0. The number of hydrogen-bond acceptors (Lipinski definition) is 3. The monoisotopic (exact) mass is 293 g/mol. The summed E-state index contributed by atoms with van der Waals surface area (Å²) in [4.78, 5) is 12.4. The molecule has 0 aliphatic carbocycles. The van der Waals surface area contributed by atoms with Crippen molar-refractivity contribution in [2.75, 3.05) is 0 Å². The van der Waals surface area contributed by atoms with Crippen LogP contribution in [0.5, 0.6) is 5.75 Å². The highest BCUT2D eigenvalue weighted by atomic mass is 16.3. The van der Waals surface area contributed by atoms with Gasteiger partial charge in [-0.1, -0.05) is 36.4 Å². The highest BCUT2D eigenvalue weighted by Crippen LogP contribution is 2.32. The number of carbonyl (C=O) groups is 1. The first-order valence-electron chi connectivity index (χ1n) is 7.36. The number of carbonyl (C=O) groups excluding carboxylic acids is 1. The standard InChI is InChI=1S/C19H19NO2/c1-19(2)12-14-8-9-15(21)10-16(14)17(20-19)11-18(22)13-6-4-3-5-7-13/h3-11,20-21H,12H2,1-2H3/b17-11-. The summed E-state index contributed by atoms with van der Waals surface area (Å²) in [7, 11) is 0. The summed E-state index contributed by atoms with van der Waals surface area (Å²) in [5, 5.41) is 13.2. The maximum atomic E-state index is 12.4. The molecule has 1 heterocycles. The van der Waals surface area contributed by atoms with Crippen LogP contribution in [0.25, 0.3) is 5.70 Å². The second-order valence-electron chi connectivity index (χ2n) is 6.32. The number of phenolic OH excluding ortho intramolecular Hbond substituents is 1. The number of nitrogens with one attached hydrogen (secondary N) is 1. The lowest BCUT2D eigenvalue weighted by Gasteiger charge is -2.35. The second-order valence-corrected chi connectivity index (χ2v) is 6.32. The Balaban J connectivity index is 2.05. The zero-order chi connectivity index (χ0) is 15.7. The van der Waals surface area contributed by atoms with Crippen molar-refractivity contribution in [3.05, 3.63) is 71.3 Å². The minimum Gasteiger partial charge on any atom is -0.508 e. The molecule has 3 heteroatoms. The molecule has 2 N–H and O–H groups in total. The van der Waals surface area contributed by atoms with Crippen LogP contribution in [0.1, 0.15) is 35.3 Å². The zero-order valence-electron chi connectivity index (χ0n) is 12.8. The van der Waals surface area contributed by atoms with Gasteiger partial charge in [-0.05, 0) is 38.0 Å². The summed E-state index contributed by atoms with van der Waals surface area (Å²) in [6.07, 6.45) is 2.47. The molecule has 0 bridgehead atoms. The van der Waals surface area contributed by atoms with Crippen molar-refractivity contribution in [2.24, 2.45) is 0 Å². The number of rotatable bonds is 2. The van der Waals surface area contributed by atoms with Crippen LogP contribution >= 0.6 is 0 Å². The zero-order valence-corrected chi connectivity index (χ0v) is 12.8.